The Morgan fingerprint density at radius 3 is 2.31 bits per heavy atom. The molecule has 0 radical (unpaired) electrons. The van der Waals surface area contributed by atoms with Crippen LogP contribution >= 0.6 is 0 Å². The molecule has 4 heteroatoms. The molecule has 0 saturated carbocycles. The second-order valence-corrected chi connectivity index (χ2v) is 6.98. The van der Waals surface area contributed by atoms with Crippen molar-refractivity contribution in [1.29, 1.82) is 0 Å². The number of hydrogen-bond acceptors (Lipinski definition) is 4. The predicted octanol–water partition coefficient (Wildman–Crippen LogP) is 5.41. The van der Waals surface area contributed by atoms with Crippen molar-refractivity contribution in [1.82, 2.24) is 9.97 Å². The van der Waals surface area contributed by atoms with Gasteiger partial charge in [-0.1, -0.05) is 58.6 Å². The molecule has 1 atom stereocenters. The van der Waals surface area contributed by atoms with Gasteiger partial charge < -0.3 is 4.74 Å². The highest BCUT2D eigenvalue weighted by Crippen LogP contribution is 2.17. The zero-order chi connectivity index (χ0) is 18.8. The molecule has 0 saturated heterocycles. The smallest absolute Gasteiger partial charge is 0.381 e. The maximum absolute atomic E-state index is 12.2. The van der Waals surface area contributed by atoms with E-state index in [1.165, 1.54) is 24.8 Å². The second-order valence-electron chi connectivity index (χ2n) is 6.98. The molecule has 26 heavy (non-hydrogen) atoms. The highest BCUT2D eigenvalue weighted by molar-refractivity contribution is 5.86. The lowest BCUT2D eigenvalue weighted by Gasteiger charge is -2.09. The van der Waals surface area contributed by atoms with E-state index in [2.05, 4.69) is 30.7 Å². The first-order valence-electron chi connectivity index (χ1n) is 9.74. The number of benzene rings is 1. The fourth-order valence-electron chi connectivity index (χ4n) is 2.74. The highest BCUT2D eigenvalue weighted by Gasteiger charge is 2.12. The van der Waals surface area contributed by atoms with Gasteiger partial charge in [0.25, 0.3) is 0 Å². The van der Waals surface area contributed by atoms with Crippen LogP contribution in [0.2, 0.25) is 0 Å². The molecule has 1 unspecified atom stereocenters. The Morgan fingerprint density at radius 2 is 1.69 bits per heavy atom. The molecule has 0 aliphatic heterocycles. The number of carbonyl (C=O) groups is 1. The van der Waals surface area contributed by atoms with Crippen LogP contribution in [0, 0.1) is 5.92 Å². The van der Waals surface area contributed by atoms with E-state index >= 15 is 0 Å². The van der Waals surface area contributed by atoms with Gasteiger partial charge in [-0.2, -0.15) is 0 Å². The fourth-order valence-corrected chi connectivity index (χ4v) is 2.74. The minimum atomic E-state index is -0.516. The van der Waals surface area contributed by atoms with Crippen LogP contribution in [0.25, 0.3) is 0 Å². The summed E-state index contributed by atoms with van der Waals surface area (Å²) in [6, 6.07) is 7.68. The molecule has 1 aromatic carbocycles. The standard InChI is InChI=1S/C22H30N2O2/c1-4-6-7-8-9-19-15-23-21(24-16-19)22(25)26-20-12-10-18(11-13-20)14-17(3)5-2/h10-13,15-17H,4-9,14H2,1-3H3. The summed E-state index contributed by atoms with van der Waals surface area (Å²) in [4.78, 5) is 20.5. The molecule has 0 amide bonds. The predicted molar refractivity (Wildman–Crippen MR) is 104 cm³/mol. The first-order valence-corrected chi connectivity index (χ1v) is 9.74. The van der Waals surface area contributed by atoms with Gasteiger partial charge >= 0.3 is 5.97 Å². The molecule has 0 spiro atoms. The maximum Gasteiger partial charge on any atom is 0.381 e. The third kappa shape index (κ3) is 6.58. The topological polar surface area (TPSA) is 52.1 Å². The zero-order valence-electron chi connectivity index (χ0n) is 16.2. The van der Waals surface area contributed by atoms with E-state index in [4.69, 9.17) is 4.74 Å². The fraction of sp³-hybridized carbons (Fsp3) is 0.500. The van der Waals surface area contributed by atoms with E-state index in [0.717, 1.165) is 31.2 Å². The molecular weight excluding hydrogens is 324 g/mol. The van der Waals surface area contributed by atoms with Crippen LogP contribution in [0.1, 0.15) is 74.6 Å². The Labute approximate surface area is 157 Å². The molecule has 140 valence electrons. The van der Waals surface area contributed by atoms with Crippen molar-refractivity contribution in [3.8, 4) is 5.75 Å². The van der Waals surface area contributed by atoms with Crippen molar-refractivity contribution < 1.29 is 9.53 Å². The van der Waals surface area contributed by atoms with E-state index in [-0.39, 0.29) is 5.82 Å². The van der Waals surface area contributed by atoms with E-state index in [9.17, 15) is 4.79 Å². The van der Waals surface area contributed by atoms with Crippen LogP contribution in [0.3, 0.4) is 0 Å². The molecule has 4 nitrogen and oxygen atoms in total. The van der Waals surface area contributed by atoms with Crippen LogP contribution in [0.4, 0.5) is 0 Å². The van der Waals surface area contributed by atoms with Crippen LogP contribution in [0.15, 0.2) is 36.7 Å². The Hall–Kier alpha value is -2.23. The minimum Gasteiger partial charge on any atom is -0.421 e. The van der Waals surface area contributed by atoms with Gasteiger partial charge in [0.2, 0.25) is 5.82 Å². The van der Waals surface area contributed by atoms with Crippen LogP contribution in [-0.4, -0.2) is 15.9 Å². The maximum atomic E-state index is 12.2. The molecular formula is C22H30N2O2. The van der Waals surface area contributed by atoms with Crippen LogP contribution in [-0.2, 0) is 12.8 Å². The summed E-state index contributed by atoms with van der Waals surface area (Å²) < 4.78 is 5.38. The summed E-state index contributed by atoms with van der Waals surface area (Å²) in [5, 5.41) is 0. The molecule has 0 bridgehead atoms. The average Bonchev–Trinajstić information content (AvgIpc) is 2.67. The molecule has 0 aliphatic rings. The number of nitrogens with zero attached hydrogens (tertiary/aromatic N) is 2. The molecule has 1 aromatic heterocycles. The second kappa shape index (κ2) is 10.7. The molecule has 2 aromatic rings. The third-order valence-corrected chi connectivity index (χ3v) is 4.62. The van der Waals surface area contributed by atoms with Crippen molar-refractivity contribution in [2.75, 3.05) is 0 Å². The third-order valence-electron chi connectivity index (χ3n) is 4.62. The number of carbonyl (C=O) groups excluding carboxylic acids is 1. The SMILES string of the molecule is CCCCCCc1cnc(C(=O)Oc2ccc(CC(C)CC)cc2)nc1. The minimum absolute atomic E-state index is 0.103. The Balaban J connectivity index is 1.87. The van der Waals surface area contributed by atoms with Gasteiger partial charge in [-0.15, -0.1) is 0 Å². The molecule has 1 heterocycles. The zero-order valence-corrected chi connectivity index (χ0v) is 16.2. The Kier molecular flexibility index (Phi) is 8.26. The van der Waals surface area contributed by atoms with Crippen LogP contribution < -0.4 is 4.74 Å². The summed E-state index contributed by atoms with van der Waals surface area (Å²) in [6.45, 7) is 6.62. The van der Waals surface area contributed by atoms with Crippen molar-refractivity contribution in [2.45, 2.75) is 65.7 Å². The summed E-state index contributed by atoms with van der Waals surface area (Å²) in [7, 11) is 0. The van der Waals surface area contributed by atoms with Gasteiger partial charge in [0.15, 0.2) is 0 Å². The summed E-state index contributed by atoms with van der Waals surface area (Å²) in [5.74, 6) is 0.760. The van der Waals surface area contributed by atoms with Crippen molar-refractivity contribution >= 4 is 5.97 Å². The largest absolute Gasteiger partial charge is 0.421 e. The van der Waals surface area contributed by atoms with Gasteiger partial charge in [0.05, 0.1) is 0 Å². The number of ether oxygens (including phenoxy) is 1. The first-order chi connectivity index (χ1) is 12.6. The highest BCUT2D eigenvalue weighted by atomic mass is 16.5. The summed E-state index contributed by atoms with van der Waals surface area (Å²) in [6.07, 6.45) is 11.4. The van der Waals surface area contributed by atoms with Crippen molar-refractivity contribution in [3.05, 3.63) is 53.6 Å². The lowest BCUT2D eigenvalue weighted by atomic mass is 9.99. The normalized spacial score (nSPS) is 12.0. The van der Waals surface area contributed by atoms with Crippen molar-refractivity contribution in [2.24, 2.45) is 5.92 Å². The molecule has 0 fully saturated rings. The quantitative estimate of drug-likeness (QED) is 0.325. The monoisotopic (exact) mass is 354 g/mol. The summed E-state index contributed by atoms with van der Waals surface area (Å²) in [5.41, 5.74) is 2.31. The van der Waals surface area contributed by atoms with E-state index in [1.807, 2.05) is 24.3 Å². The number of aromatic nitrogens is 2. The number of hydrogen-bond donors (Lipinski definition) is 0. The number of aryl methyl sites for hydroxylation is 1. The first kappa shape index (κ1) is 20.1. The van der Waals surface area contributed by atoms with Gasteiger partial charge in [0.1, 0.15) is 5.75 Å². The average molecular weight is 354 g/mol. The van der Waals surface area contributed by atoms with E-state index < -0.39 is 5.97 Å². The van der Waals surface area contributed by atoms with Crippen LogP contribution in [0.5, 0.6) is 5.75 Å². The Bertz CT molecular complexity index is 666. The number of esters is 1. The summed E-state index contributed by atoms with van der Waals surface area (Å²) >= 11 is 0. The number of unbranched alkanes of at least 4 members (excludes halogenated alkanes) is 3. The molecule has 0 aliphatic carbocycles. The van der Waals surface area contributed by atoms with Gasteiger partial charge in [-0.25, -0.2) is 14.8 Å². The van der Waals surface area contributed by atoms with Gasteiger partial charge in [-0.3, -0.25) is 0 Å². The van der Waals surface area contributed by atoms with E-state index in [1.54, 1.807) is 12.4 Å². The van der Waals surface area contributed by atoms with E-state index in [0.29, 0.717) is 11.7 Å². The molecule has 2 rings (SSSR count). The lowest BCUT2D eigenvalue weighted by Crippen LogP contribution is -2.13. The number of rotatable bonds is 10. The van der Waals surface area contributed by atoms with Gasteiger partial charge in [-0.05, 0) is 48.4 Å². The Morgan fingerprint density at radius 1 is 1.00 bits per heavy atom. The lowest BCUT2D eigenvalue weighted by molar-refractivity contribution is 0.0721. The molecule has 0 N–H and O–H groups in total. The van der Waals surface area contributed by atoms with Gasteiger partial charge in [0, 0.05) is 12.4 Å². The van der Waals surface area contributed by atoms with Crippen molar-refractivity contribution in [3.63, 3.8) is 0 Å².